The molecular formula is C26H35N5O3. The van der Waals surface area contributed by atoms with Crippen molar-refractivity contribution in [3.05, 3.63) is 65.7 Å². The first kappa shape index (κ1) is 25.4. The molecule has 2 aromatic carbocycles. The summed E-state index contributed by atoms with van der Waals surface area (Å²) in [6.07, 6.45) is 3.97. The van der Waals surface area contributed by atoms with Gasteiger partial charge in [0.15, 0.2) is 0 Å². The van der Waals surface area contributed by atoms with E-state index in [0.717, 1.165) is 37.2 Å². The van der Waals surface area contributed by atoms with E-state index in [1.54, 1.807) is 18.3 Å². The first-order valence-corrected chi connectivity index (χ1v) is 11.8. The Morgan fingerprint density at radius 3 is 2.44 bits per heavy atom. The summed E-state index contributed by atoms with van der Waals surface area (Å²) >= 11 is 0. The molecule has 0 spiro atoms. The third kappa shape index (κ3) is 7.97. The minimum atomic E-state index is -0.276. The number of carbonyl (C=O) groups is 2. The number of nitrogens with zero attached hydrogens (tertiary/aromatic N) is 3. The lowest BCUT2D eigenvalue weighted by Crippen LogP contribution is -2.50. The zero-order valence-electron chi connectivity index (χ0n) is 20.1. The molecule has 2 aromatic rings. The zero-order chi connectivity index (χ0) is 24.2. The molecule has 3 rings (SSSR count). The fraction of sp³-hybridized carbons (Fsp3) is 0.423. The Labute approximate surface area is 202 Å². The van der Waals surface area contributed by atoms with Crippen LogP contribution in [-0.2, 0) is 9.53 Å². The van der Waals surface area contributed by atoms with Crippen molar-refractivity contribution in [2.24, 2.45) is 5.10 Å². The van der Waals surface area contributed by atoms with E-state index in [0.29, 0.717) is 31.7 Å². The van der Waals surface area contributed by atoms with Gasteiger partial charge in [-0.3, -0.25) is 14.5 Å². The highest BCUT2D eigenvalue weighted by molar-refractivity contribution is 5.94. The van der Waals surface area contributed by atoms with Crippen molar-refractivity contribution in [3.63, 3.8) is 0 Å². The predicted octanol–water partition coefficient (Wildman–Crippen LogP) is 2.50. The summed E-state index contributed by atoms with van der Waals surface area (Å²) in [5, 5.41) is 7.13. The molecule has 2 N–H and O–H groups in total. The van der Waals surface area contributed by atoms with Crippen LogP contribution in [0.1, 0.15) is 35.2 Å². The number of benzene rings is 2. The summed E-state index contributed by atoms with van der Waals surface area (Å²) < 4.78 is 5.45. The van der Waals surface area contributed by atoms with Gasteiger partial charge in [0, 0.05) is 45.0 Å². The summed E-state index contributed by atoms with van der Waals surface area (Å²) in [5.74, 6) is -0.188. The van der Waals surface area contributed by atoms with E-state index in [4.69, 9.17) is 4.74 Å². The molecular weight excluding hydrogens is 430 g/mol. The number of hydrogen-bond donors (Lipinski definition) is 2. The molecule has 1 saturated heterocycles. The molecule has 8 nitrogen and oxygen atoms in total. The molecule has 0 bridgehead atoms. The van der Waals surface area contributed by atoms with Crippen molar-refractivity contribution in [1.82, 2.24) is 15.6 Å². The third-order valence-electron chi connectivity index (χ3n) is 5.81. The normalized spacial score (nSPS) is 15.1. The highest BCUT2D eigenvalue weighted by Gasteiger charge is 2.26. The standard InChI is InChI=1S/C26H35N5O3/c1-30(2)23-13-11-21(12-14-23)20-28-29-26(33)24(31-16-18-34-19-17-31)10-6-7-15-27-25(32)22-8-4-3-5-9-22/h3-5,8-9,11-14,20,24H,6-7,10,15-19H2,1-2H3,(H,27,32)(H,29,33)/b28-20+. The van der Waals surface area contributed by atoms with Gasteiger partial charge in [0.25, 0.3) is 11.8 Å². The van der Waals surface area contributed by atoms with Crippen LogP contribution >= 0.6 is 0 Å². The Balaban J connectivity index is 1.47. The second kappa shape index (κ2) is 13.5. The Bertz CT molecular complexity index is 925. The van der Waals surface area contributed by atoms with Crippen LogP contribution in [0.15, 0.2) is 59.7 Å². The SMILES string of the molecule is CN(C)c1ccc(/C=N/NC(=O)C(CCCCNC(=O)c2ccccc2)N2CCOCC2)cc1. The predicted molar refractivity (Wildman–Crippen MR) is 135 cm³/mol. The second-order valence-corrected chi connectivity index (χ2v) is 8.50. The topological polar surface area (TPSA) is 86.3 Å². The summed E-state index contributed by atoms with van der Waals surface area (Å²) in [4.78, 5) is 29.3. The van der Waals surface area contributed by atoms with Crippen LogP contribution in [-0.4, -0.2) is 75.9 Å². The molecule has 1 aliphatic heterocycles. The summed E-state index contributed by atoms with van der Waals surface area (Å²) in [6, 6.07) is 16.9. The Morgan fingerprint density at radius 2 is 1.76 bits per heavy atom. The van der Waals surface area contributed by atoms with Gasteiger partial charge in [0.1, 0.15) is 0 Å². The maximum atomic E-state index is 12.9. The van der Waals surface area contributed by atoms with Crippen molar-refractivity contribution >= 4 is 23.7 Å². The molecule has 1 fully saturated rings. The van der Waals surface area contributed by atoms with Crippen LogP contribution in [0.25, 0.3) is 0 Å². The number of carbonyl (C=O) groups excluding carboxylic acids is 2. The van der Waals surface area contributed by atoms with Gasteiger partial charge in [-0.1, -0.05) is 30.3 Å². The van der Waals surface area contributed by atoms with Gasteiger partial charge in [0.05, 0.1) is 25.5 Å². The van der Waals surface area contributed by atoms with Crippen molar-refractivity contribution < 1.29 is 14.3 Å². The average Bonchev–Trinajstić information content (AvgIpc) is 2.87. The van der Waals surface area contributed by atoms with E-state index in [2.05, 4.69) is 20.7 Å². The number of nitrogens with one attached hydrogen (secondary N) is 2. The van der Waals surface area contributed by atoms with Crippen molar-refractivity contribution in [3.8, 4) is 0 Å². The molecule has 0 aliphatic carbocycles. The first-order chi connectivity index (χ1) is 16.5. The van der Waals surface area contributed by atoms with E-state index < -0.39 is 0 Å². The molecule has 8 heteroatoms. The Hall–Kier alpha value is -3.23. The fourth-order valence-corrected chi connectivity index (χ4v) is 3.83. The highest BCUT2D eigenvalue weighted by Crippen LogP contribution is 2.13. The molecule has 34 heavy (non-hydrogen) atoms. The largest absolute Gasteiger partial charge is 0.379 e. The van der Waals surface area contributed by atoms with Gasteiger partial charge in [-0.25, -0.2) is 5.43 Å². The second-order valence-electron chi connectivity index (χ2n) is 8.50. The lowest BCUT2D eigenvalue weighted by molar-refractivity contribution is -0.128. The fourth-order valence-electron chi connectivity index (χ4n) is 3.83. The number of rotatable bonds is 11. The minimum absolute atomic E-state index is 0.0731. The monoisotopic (exact) mass is 465 g/mol. The van der Waals surface area contributed by atoms with Gasteiger partial charge in [-0.05, 0) is 49.1 Å². The Morgan fingerprint density at radius 1 is 1.06 bits per heavy atom. The number of hydrogen-bond acceptors (Lipinski definition) is 6. The number of hydrazone groups is 1. The molecule has 182 valence electrons. The molecule has 0 saturated carbocycles. The summed E-state index contributed by atoms with van der Waals surface area (Å²) in [5.41, 5.74) is 5.39. The van der Waals surface area contributed by atoms with Crippen molar-refractivity contribution in [2.75, 3.05) is 51.8 Å². The number of anilines is 1. The van der Waals surface area contributed by atoms with Crippen LogP contribution in [0.4, 0.5) is 5.69 Å². The summed E-state index contributed by atoms with van der Waals surface area (Å²) in [6.45, 7) is 3.26. The van der Waals surface area contributed by atoms with Crippen LogP contribution in [0.2, 0.25) is 0 Å². The van der Waals surface area contributed by atoms with Crippen LogP contribution in [0.3, 0.4) is 0 Å². The number of amides is 2. The molecule has 1 heterocycles. The Kier molecular flexibility index (Phi) is 10.1. The van der Waals surface area contributed by atoms with Gasteiger partial charge >= 0.3 is 0 Å². The quantitative estimate of drug-likeness (QED) is 0.303. The average molecular weight is 466 g/mol. The zero-order valence-corrected chi connectivity index (χ0v) is 20.1. The molecule has 0 radical (unpaired) electrons. The van der Waals surface area contributed by atoms with Crippen LogP contribution < -0.4 is 15.6 Å². The van der Waals surface area contributed by atoms with E-state index >= 15 is 0 Å². The minimum Gasteiger partial charge on any atom is -0.379 e. The van der Waals surface area contributed by atoms with Crippen LogP contribution in [0.5, 0.6) is 0 Å². The first-order valence-electron chi connectivity index (χ1n) is 11.8. The molecule has 1 unspecified atom stereocenters. The van der Waals surface area contributed by atoms with E-state index in [-0.39, 0.29) is 17.9 Å². The van der Waals surface area contributed by atoms with Crippen molar-refractivity contribution in [1.29, 1.82) is 0 Å². The lowest BCUT2D eigenvalue weighted by Gasteiger charge is -2.33. The third-order valence-corrected chi connectivity index (χ3v) is 5.81. The van der Waals surface area contributed by atoms with Gasteiger partial charge in [-0.2, -0.15) is 5.10 Å². The number of morpholine rings is 1. The molecule has 0 aromatic heterocycles. The van der Waals surface area contributed by atoms with Gasteiger partial charge < -0.3 is 15.0 Å². The lowest BCUT2D eigenvalue weighted by atomic mass is 10.1. The smallest absolute Gasteiger partial charge is 0.257 e. The molecule has 1 aliphatic rings. The number of ether oxygens (including phenoxy) is 1. The van der Waals surface area contributed by atoms with Crippen molar-refractivity contribution in [2.45, 2.75) is 25.3 Å². The maximum absolute atomic E-state index is 12.9. The number of unbranched alkanes of at least 4 members (excludes halogenated alkanes) is 1. The van der Waals surface area contributed by atoms with Gasteiger partial charge in [-0.15, -0.1) is 0 Å². The maximum Gasteiger partial charge on any atom is 0.257 e. The van der Waals surface area contributed by atoms with E-state index in [1.807, 2.05) is 61.5 Å². The molecule has 2 amide bonds. The van der Waals surface area contributed by atoms with E-state index in [9.17, 15) is 9.59 Å². The molecule has 1 atom stereocenters. The van der Waals surface area contributed by atoms with E-state index in [1.165, 1.54) is 0 Å². The van der Waals surface area contributed by atoms with Crippen LogP contribution in [0, 0.1) is 0 Å². The highest BCUT2D eigenvalue weighted by atomic mass is 16.5. The summed E-state index contributed by atoms with van der Waals surface area (Å²) in [7, 11) is 3.98. The van der Waals surface area contributed by atoms with Gasteiger partial charge in [0.2, 0.25) is 0 Å².